The first kappa shape index (κ1) is 24.3. The molecule has 3 atom stereocenters. The highest BCUT2D eigenvalue weighted by atomic mass is 16.5. The number of aromatic amines is 1. The molecule has 1 aliphatic rings. The molecule has 1 aromatic carbocycles. The summed E-state index contributed by atoms with van der Waals surface area (Å²) in [5.74, 6) is 1.48. The molecule has 1 fully saturated rings. The lowest BCUT2D eigenvalue weighted by Crippen LogP contribution is -2.29. The van der Waals surface area contributed by atoms with Crippen LogP contribution in [0.1, 0.15) is 41.9 Å². The number of nitrogens with zero attached hydrogens (tertiary/aromatic N) is 3. The number of rotatable bonds is 9. The van der Waals surface area contributed by atoms with Gasteiger partial charge in [-0.1, -0.05) is 18.6 Å². The van der Waals surface area contributed by atoms with E-state index in [1.807, 2.05) is 38.1 Å². The molecule has 0 amide bonds. The lowest BCUT2D eigenvalue weighted by Gasteiger charge is -2.18. The maximum absolute atomic E-state index is 10.4. The second kappa shape index (κ2) is 10.6. The van der Waals surface area contributed by atoms with Crippen molar-refractivity contribution < 1.29 is 14.9 Å². The number of aliphatic hydroxyl groups excluding tert-OH is 2. The molecule has 0 radical (unpaired) electrons. The van der Waals surface area contributed by atoms with Crippen molar-refractivity contribution in [3.63, 3.8) is 0 Å². The van der Waals surface area contributed by atoms with Crippen LogP contribution in [0.5, 0.6) is 5.75 Å². The third-order valence-corrected chi connectivity index (χ3v) is 6.66. The van der Waals surface area contributed by atoms with E-state index in [1.54, 1.807) is 7.05 Å². The second-order valence-corrected chi connectivity index (χ2v) is 9.29. The summed E-state index contributed by atoms with van der Waals surface area (Å²) >= 11 is 0. The van der Waals surface area contributed by atoms with Crippen molar-refractivity contribution in [1.29, 1.82) is 0 Å². The molecule has 4 rings (SSSR count). The van der Waals surface area contributed by atoms with Crippen molar-refractivity contribution in [2.24, 2.45) is 5.92 Å². The average Bonchev–Trinajstić information content (AvgIpc) is 3.38. The van der Waals surface area contributed by atoms with Crippen LogP contribution in [0.3, 0.4) is 0 Å². The van der Waals surface area contributed by atoms with Gasteiger partial charge >= 0.3 is 0 Å². The molecule has 0 spiro atoms. The minimum atomic E-state index is -0.590. The van der Waals surface area contributed by atoms with Gasteiger partial charge in [0.2, 0.25) is 0 Å². The normalized spacial score (nSPS) is 18.9. The first-order chi connectivity index (χ1) is 16.4. The lowest BCUT2D eigenvalue weighted by molar-refractivity contribution is 0.108. The van der Waals surface area contributed by atoms with Crippen LogP contribution in [0.25, 0.3) is 22.6 Å². The number of ether oxygens (including phenoxy) is 1. The van der Waals surface area contributed by atoms with Crippen molar-refractivity contribution in [3.05, 3.63) is 46.9 Å². The predicted molar refractivity (Wildman–Crippen MR) is 132 cm³/mol. The number of H-pyrrole nitrogens is 1. The number of benzene rings is 1. The molecule has 2 heterocycles. The SMILES string of the molecule is CNCC(O)COc1cccc(-c2nc(CC3CCC[C@H]3O)c(C)c(-c3c(C)n[nH]c3C)n2)c1. The largest absolute Gasteiger partial charge is 0.491 e. The molecule has 34 heavy (non-hydrogen) atoms. The molecule has 0 aliphatic heterocycles. The summed E-state index contributed by atoms with van der Waals surface area (Å²) < 4.78 is 5.81. The number of aromatic nitrogens is 4. The third-order valence-electron chi connectivity index (χ3n) is 6.66. The fraction of sp³-hybridized carbons (Fsp3) is 0.500. The van der Waals surface area contributed by atoms with E-state index in [0.29, 0.717) is 18.1 Å². The van der Waals surface area contributed by atoms with Crippen molar-refractivity contribution in [3.8, 4) is 28.4 Å². The highest BCUT2D eigenvalue weighted by Gasteiger charge is 2.28. The Kier molecular flexibility index (Phi) is 7.60. The van der Waals surface area contributed by atoms with E-state index in [2.05, 4.69) is 22.4 Å². The van der Waals surface area contributed by atoms with Crippen LogP contribution >= 0.6 is 0 Å². The van der Waals surface area contributed by atoms with E-state index in [9.17, 15) is 10.2 Å². The van der Waals surface area contributed by atoms with Crippen LogP contribution in [0.15, 0.2) is 24.3 Å². The van der Waals surface area contributed by atoms with Crippen LogP contribution in [0.2, 0.25) is 0 Å². The van der Waals surface area contributed by atoms with Crippen LogP contribution in [0.4, 0.5) is 0 Å². The van der Waals surface area contributed by atoms with E-state index in [0.717, 1.165) is 65.1 Å². The van der Waals surface area contributed by atoms with Gasteiger partial charge < -0.3 is 20.3 Å². The van der Waals surface area contributed by atoms with Gasteiger partial charge in [0.25, 0.3) is 0 Å². The molecule has 8 nitrogen and oxygen atoms in total. The van der Waals surface area contributed by atoms with E-state index in [1.165, 1.54) is 0 Å². The first-order valence-electron chi connectivity index (χ1n) is 12.0. The molecule has 182 valence electrons. The molecule has 4 N–H and O–H groups in total. The van der Waals surface area contributed by atoms with Gasteiger partial charge in [-0.25, -0.2) is 9.97 Å². The second-order valence-electron chi connectivity index (χ2n) is 9.29. The van der Waals surface area contributed by atoms with Crippen molar-refractivity contribution in [2.75, 3.05) is 20.2 Å². The number of hydrogen-bond donors (Lipinski definition) is 4. The van der Waals surface area contributed by atoms with Gasteiger partial charge in [-0.15, -0.1) is 0 Å². The fourth-order valence-electron chi connectivity index (χ4n) is 4.75. The Bertz CT molecular complexity index is 1110. The zero-order chi connectivity index (χ0) is 24.2. The third kappa shape index (κ3) is 5.29. The smallest absolute Gasteiger partial charge is 0.160 e. The van der Waals surface area contributed by atoms with Crippen LogP contribution in [0, 0.1) is 26.7 Å². The highest BCUT2D eigenvalue weighted by Crippen LogP contribution is 2.34. The molecular weight excluding hydrogens is 430 g/mol. The summed E-state index contributed by atoms with van der Waals surface area (Å²) in [5, 5.41) is 30.8. The Morgan fingerprint density at radius 2 is 2.03 bits per heavy atom. The molecule has 8 heteroatoms. The number of aryl methyl sites for hydroxylation is 2. The minimum absolute atomic E-state index is 0.197. The summed E-state index contributed by atoms with van der Waals surface area (Å²) in [6.07, 6.45) is 2.77. The summed E-state index contributed by atoms with van der Waals surface area (Å²) in [4.78, 5) is 9.95. The van der Waals surface area contributed by atoms with E-state index in [4.69, 9.17) is 14.7 Å². The molecule has 0 bridgehead atoms. The van der Waals surface area contributed by atoms with Gasteiger partial charge in [-0.3, -0.25) is 5.10 Å². The average molecular weight is 466 g/mol. The van der Waals surface area contributed by atoms with Crippen molar-refractivity contribution in [2.45, 2.75) is 58.7 Å². The maximum Gasteiger partial charge on any atom is 0.160 e. The van der Waals surface area contributed by atoms with E-state index >= 15 is 0 Å². The topological polar surface area (TPSA) is 116 Å². The molecule has 0 saturated heterocycles. The van der Waals surface area contributed by atoms with Crippen LogP contribution in [-0.4, -0.2) is 62.8 Å². The van der Waals surface area contributed by atoms with Crippen molar-refractivity contribution >= 4 is 0 Å². The van der Waals surface area contributed by atoms with Gasteiger partial charge in [-0.2, -0.15) is 5.10 Å². The minimum Gasteiger partial charge on any atom is -0.491 e. The molecule has 2 unspecified atom stereocenters. The Labute approximate surface area is 200 Å². The predicted octanol–water partition coefficient (Wildman–Crippen LogP) is 3.12. The Morgan fingerprint density at radius 1 is 1.21 bits per heavy atom. The highest BCUT2D eigenvalue weighted by molar-refractivity contribution is 5.71. The number of aliphatic hydroxyl groups is 2. The lowest BCUT2D eigenvalue weighted by atomic mass is 9.94. The Morgan fingerprint density at radius 3 is 2.71 bits per heavy atom. The van der Waals surface area contributed by atoms with Crippen LogP contribution < -0.4 is 10.1 Å². The van der Waals surface area contributed by atoms with E-state index < -0.39 is 6.10 Å². The van der Waals surface area contributed by atoms with Gasteiger partial charge in [0.15, 0.2) is 5.82 Å². The molecular formula is C26H35N5O3. The zero-order valence-electron chi connectivity index (χ0n) is 20.4. The Balaban J connectivity index is 1.73. The first-order valence-corrected chi connectivity index (χ1v) is 12.0. The standard InChI is InChI=1S/C26H35N5O3/c1-15-22(12-18-7-6-10-23(18)33)28-26(29-25(15)24-16(2)30-31-17(24)3)19-8-5-9-21(11-19)34-14-20(32)13-27-4/h5,8-9,11,18,20,23,27,32-33H,6-7,10,12-14H2,1-4H3,(H,30,31)/t18?,20?,23-/m1/s1. The summed E-state index contributed by atoms with van der Waals surface area (Å²) in [6.45, 7) is 6.70. The summed E-state index contributed by atoms with van der Waals surface area (Å²) in [7, 11) is 1.79. The van der Waals surface area contributed by atoms with E-state index in [-0.39, 0.29) is 18.6 Å². The molecule has 3 aromatic rings. The molecule has 2 aromatic heterocycles. The maximum atomic E-state index is 10.4. The van der Waals surface area contributed by atoms with Gasteiger partial charge in [0.05, 0.1) is 17.5 Å². The van der Waals surface area contributed by atoms with Gasteiger partial charge in [0.1, 0.15) is 18.5 Å². The van der Waals surface area contributed by atoms with Crippen molar-refractivity contribution in [1.82, 2.24) is 25.5 Å². The monoisotopic (exact) mass is 465 g/mol. The fourth-order valence-corrected chi connectivity index (χ4v) is 4.75. The summed E-state index contributed by atoms with van der Waals surface area (Å²) in [6, 6.07) is 7.65. The van der Waals surface area contributed by atoms with Gasteiger partial charge in [-0.05, 0) is 70.7 Å². The number of nitrogens with one attached hydrogen (secondary N) is 2. The number of likely N-dealkylation sites (N-methyl/N-ethyl adjacent to an activating group) is 1. The van der Waals surface area contributed by atoms with Crippen LogP contribution in [-0.2, 0) is 6.42 Å². The molecule has 1 saturated carbocycles. The summed E-state index contributed by atoms with van der Waals surface area (Å²) in [5.41, 5.74) is 6.55. The quantitative estimate of drug-likeness (QED) is 0.384. The number of hydrogen-bond acceptors (Lipinski definition) is 7. The molecule has 1 aliphatic carbocycles. The zero-order valence-corrected chi connectivity index (χ0v) is 20.4. The van der Waals surface area contributed by atoms with Gasteiger partial charge in [0, 0.05) is 29.1 Å². The Hall–Kier alpha value is -2.81.